The van der Waals surface area contributed by atoms with Gasteiger partial charge in [-0.3, -0.25) is 4.90 Å². The van der Waals surface area contributed by atoms with Gasteiger partial charge in [-0.05, 0) is 52.9 Å². The smallest absolute Gasteiger partial charge is 0.243 e. The van der Waals surface area contributed by atoms with Gasteiger partial charge in [-0.1, -0.05) is 5.16 Å². The molecule has 2 saturated heterocycles. The molecular weight excluding hydrogens is 278 g/mol. The molecule has 3 heterocycles. The van der Waals surface area contributed by atoms with E-state index in [1.165, 1.54) is 25.9 Å². The maximum absolute atomic E-state index is 5.54. The zero-order valence-corrected chi connectivity index (χ0v) is 14.2. The number of rotatable bonds is 4. The molecule has 124 valence electrons. The molecule has 3 rings (SSSR count). The second-order valence-electron chi connectivity index (χ2n) is 7.01. The first-order valence-electron chi connectivity index (χ1n) is 8.55. The van der Waals surface area contributed by atoms with E-state index in [9.17, 15) is 0 Å². The van der Waals surface area contributed by atoms with Crippen LogP contribution in [0.2, 0.25) is 0 Å². The molecule has 1 aromatic heterocycles. The summed E-state index contributed by atoms with van der Waals surface area (Å²) >= 11 is 0. The van der Waals surface area contributed by atoms with Crippen molar-refractivity contribution in [2.24, 2.45) is 5.92 Å². The van der Waals surface area contributed by atoms with E-state index < -0.39 is 0 Å². The molecule has 0 N–H and O–H groups in total. The minimum Gasteiger partial charge on any atom is -0.338 e. The summed E-state index contributed by atoms with van der Waals surface area (Å²) in [6.45, 7) is 8.93. The van der Waals surface area contributed by atoms with Gasteiger partial charge >= 0.3 is 0 Å². The Morgan fingerprint density at radius 3 is 2.36 bits per heavy atom. The Hall–Kier alpha value is -0.980. The van der Waals surface area contributed by atoms with E-state index in [1.54, 1.807) is 0 Å². The Morgan fingerprint density at radius 2 is 1.68 bits per heavy atom. The van der Waals surface area contributed by atoms with Crippen molar-refractivity contribution in [2.75, 3.05) is 53.4 Å². The Kier molecular flexibility index (Phi) is 5.10. The van der Waals surface area contributed by atoms with Crippen molar-refractivity contribution >= 4 is 0 Å². The van der Waals surface area contributed by atoms with Gasteiger partial charge in [0.15, 0.2) is 5.82 Å². The number of nitrogens with zero attached hydrogens (tertiary/aromatic N) is 5. The van der Waals surface area contributed by atoms with Gasteiger partial charge in [-0.25, -0.2) is 0 Å². The molecule has 0 spiro atoms. The van der Waals surface area contributed by atoms with Gasteiger partial charge in [0.2, 0.25) is 5.89 Å². The summed E-state index contributed by atoms with van der Waals surface area (Å²) in [6.07, 6.45) is 3.45. The van der Waals surface area contributed by atoms with Gasteiger partial charge in [0.05, 0.1) is 6.04 Å². The number of piperazine rings is 1. The Labute approximate surface area is 133 Å². The fourth-order valence-electron chi connectivity index (χ4n) is 3.41. The lowest BCUT2D eigenvalue weighted by molar-refractivity contribution is 0.102. The van der Waals surface area contributed by atoms with Gasteiger partial charge in [0.25, 0.3) is 0 Å². The number of hydrogen-bond acceptors (Lipinski definition) is 6. The van der Waals surface area contributed by atoms with Crippen LogP contribution in [-0.4, -0.2) is 78.2 Å². The minimum absolute atomic E-state index is 0.229. The molecule has 6 heteroatoms. The normalized spacial score (nSPS) is 24.7. The summed E-state index contributed by atoms with van der Waals surface area (Å²) in [5.74, 6) is 2.39. The van der Waals surface area contributed by atoms with Crippen LogP contribution in [0, 0.1) is 5.92 Å². The summed E-state index contributed by atoms with van der Waals surface area (Å²) in [6, 6.07) is 0.229. The number of aromatic nitrogens is 2. The molecular formula is C16H29N5O. The van der Waals surface area contributed by atoms with E-state index in [0.29, 0.717) is 5.92 Å². The van der Waals surface area contributed by atoms with Crippen LogP contribution >= 0.6 is 0 Å². The van der Waals surface area contributed by atoms with Crippen LogP contribution in [0.5, 0.6) is 0 Å². The maximum atomic E-state index is 5.54. The van der Waals surface area contributed by atoms with E-state index in [0.717, 1.165) is 44.3 Å². The van der Waals surface area contributed by atoms with Crippen molar-refractivity contribution in [1.29, 1.82) is 0 Å². The standard InChI is InChI=1S/C16H29N5O/c1-13(21-10-8-20(3)9-11-21)16-17-15(18-22-16)12-14-4-6-19(2)7-5-14/h13-14H,4-12H2,1-3H3. The van der Waals surface area contributed by atoms with E-state index in [-0.39, 0.29) is 6.04 Å². The molecule has 1 atom stereocenters. The van der Waals surface area contributed by atoms with Crippen LogP contribution in [0.15, 0.2) is 4.52 Å². The summed E-state index contributed by atoms with van der Waals surface area (Å²) in [7, 11) is 4.37. The Balaban J connectivity index is 1.54. The average Bonchev–Trinajstić information content (AvgIpc) is 2.98. The highest BCUT2D eigenvalue weighted by Gasteiger charge is 2.25. The molecule has 0 bridgehead atoms. The largest absolute Gasteiger partial charge is 0.338 e. The SMILES string of the molecule is CC(c1nc(CC2CCN(C)CC2)no1)N1CCN(C)CC1. The molecule has 6 nitrogen and oxygen atoms in total. The summed E-state index contributed by atoms with van der Waals surface area (Å²) < 4.78 is 5.54. The predicted molar refractivity (Wildman–Crippen MR) is 85.7 cm³/mol. The van der Waals surface area contributed by atoms with Gasteiger partial charge in [-0.15, -0.1) is 0 Å². The highest BCUT2D eigenvalue weighted by molar-refractivity contribution is 4.95. The lowest BCUT2D eigenvalue weighted by Gasteiger charge is -2.34. The zero-order valence-electron chi connectivity index (χ0n) is 14.2. The number of piperidine rings is 1. The molecule has 1 aromatic rings. The average molecular weight is 307 g/mol. The van der Waals surface area contributed by atoms with E-state index in [4.69, 9.17) is 4.52 Å². The highest BCUT2D eigenvalue weighted by atomic mass is 16.5. The van der Waals surface area contributed by atoms with Crippen LogP contribution in [0.1, 0.15) is 37.5 Å². The Bertz CT molecular complexity index is 461. The van der Waals surface area contributed by atoms with Crippen molar-refractivity contribution in [3.63, 3.8) is 0 Å². The molecule has 0 saturated carbocycles. The third-order valence-corrected chi connectivity index (χ3v) is 5.24. The number of likely N-dealkylation sites (N-methyl/N-ethyl adjacent to an activating group) is 1. The molecule has 2 aliphatic rings. The lowest BCUT2D eigenvalue weighted by atomic mass is 9.94. The van der Waals surface area contributed by atoms with Crippen LogP contribution in [0.25, 0.3) is 0 Å². The van der Waals surface area contributed by atoms with Crippen molar-refractivity contribution in [2.45, 2.75) is 32.2 Å². The summed E-state index contributed by atoms with van der Waals surface area (Å²) in [5, 5.41) is 4.22. The first kappa shape index (κ1) is 15.9. The van der Waals surface area contributed by atoms with Crippen LogP contribution in [0.4, 0.5) is 0 Å². The van der Waals surface area contributed by atoms with E-state index >= 15 is 0 Å². The summed E-state index contributed by atoms with van der Waals surface area (Å²) in [5.41, 5.74) is 0. The first-order chi connectivity index (χ1) is 10.6. The molecule has 0 aromatic carbocycles. The fourth-order valence-corrected chi connectivity index (χ4v) is 3.41. The van der Waals surface area contributed by atoms with Crippen LogP contribution in [-0.2, 0) is 6.42 Å². The zero-order chi connectivity index (χ0) is 15.5. The third-order valence-electron chi connectivity index (χ3n) is 5.24. The fraction of sp³-hybridized carbons (Fsp3) is 0.875. The second-order valence-corrected chi connectivity index (χ2v) is 7.01. The molecule has 1 unspecified atom stereocenters. The maximum Gasteiger partial charge on any atom is 0.243 e. The van der Waals surface area contributed by atoms with Crippen LogP contribution in [0.3, 0.4) is 0 Å². The molecule has 2 fully saturated rings. The minimum atomic E-state index is 0.229. The van der Waals surface area contributed by atoms with Crippen LogP contribution < -0.4 is 0 Å². The van der Waals surface area contributed by atoms with E-state index in [1.807, 2.05) is 0 Å². The van der Waals surface area contributed by atoms with Crippen molar-refractivity contribution in [3.05, 3.63) is 11.7 Å². The molecule has 2 aliphatic heterocycles. The summed E-state index contributed by atoms with van der Waals surface area (Å²) in [4.78, 5) is 11.9. The van der Waals surface area contributed by atoms with Gasteiger partial charge in [0, 0.05) is 32.6 Å². The van der Waals surface area contributed by atoms with Crippen molar-refractivity contribution < 1.29 is 4.52 Å². The first-order valence-corrected chi connectivity index (χ1v) is 8.55. The molecule has 0 aliphatic carbocycles. The Morgan fingerprint density at radius 1 is 1.05 bits per heavy atom. The van der Waals surface area contributed by atoms with Gasteiger partial charge < -0.3 is 14.3 Å². The number of likely N-dealkylation sites (tertiary alicyclic amines) is 1. The topological polar surface area (TPSA) is 48.6 Å². The highest BCUT2D eigenvalue weighted by Crippen LogP contribution is 2.23. The monoisotopic (exact) mass is 307 g/mol. The quantitative estimate of drug-likeness (QED) is 0.835. The molecule has 0 radical (unpaired) electrons. The predicted octanol–water partition coefficient (Wildman–Crippen LogP) is 1.26. The van der Waals surface area contributed by atoms with Gasteiger partial charge in [0.1, 0.15) is 0 Å². The third kappa shape index (κ3) is 3.86. The van der Waals surface area contributed by atoms with Crippen molar-refractivity contribution in [3.8, 4) is 0 Å². The van der Waals surface area contributed by atoms with Gasteiger partial charge in [-0.2, -0.15) is 4.98 Å². The van der Waals surface area contributed by atoms with E-state index in [2.05, 4.69) is 45.9 Å². The molecule has 22 heavy (non-hydrogen) atoms. The molecule has 0 amide bonds. The number of hydrogen-bond donors (Lipinski definition) is 0. The van der Waals surface area contributed by atoms with Crippen molar-refractivity contribution in [1.82, 2.24) is 24.8 Å². The second kappa shape index (κ2) is 7.06. The lowest BCUT2D eigenvalue weighted by Crippen LogP contribution is -2.45.